The molecule has 1 aromatic heterocycles. The molecule has 154 valence electrons. The predicted molar refractivity (Wildman–Crippen MR) is 101 cm³/mol. The summed E-state index contributed by atoms with van der Waals surface area (Å²) in [5.74, 6) is -1.42. The number of piperazine rings is 1. The van der Waals surface area contributed by atoms with E-state index < -0.39 is 16.8 Å². The zero-order chi connectivity index (χ0) is 20.8. The first kappa shape index (κ1) is 20.1. The minimum Gasteiger partial charge on any atom is -0.497 e. The van der Waals surface area contributed by atoms with E-state index in [1.165, 1.54) is 6.07 Å². The van der Waals surface area contributed by atoms with Crippen LogP contribution in [0.15, 0.2) is 36.4 Å². The summed E-state index contributed by atoms with van der Waals surface area (Å²) in [6, 6.07) is 10.2. The van der Waals surface area contributed by atoms with E-state index in [2.05, 4.69) is 5.32 Å². The van der Waals surface area contributed by atoms with E-state index in [4.69, 9.17) is 4.74 Å². The molecule has 0 spiro atoms. The quantitative estimate of drug-likeness (QED) is 0.589. The average Bonchev–Trinajstić information content (AvgIpc) is 3.43. The van der Waals surface area contributed by atoms with Crippen molar-refractivity contribution in [1.82, 2.24) is 5.32 Å². The van der Waals surface area contributed by atoms with Crippen LogP contribution in [-0.2, 0) is 6.54 Å². The number of ketones is 1. The van der Waals surface area contributed by atoms with Gasteiger partial charge in [-0.15, -0.1) is 11.3 Å². The van der Waals surface area contributed by atoms with E-state index in [0.717, 1.165) is 18.1 Å². The van der Waals surface area contributed by atoms with Crippen LogP contribution >= 0.6 is 11.3 Å². The molecule has 9 heteroatoms. The minimum atomic E-state index is -4.95. The highest BCUT2D eigenvalue weighted by atomic mass is 32.1. The topological polar surface area (TPSA) is 55.4 Å². The van der Waals surface area contributed by atoms with Crippen LogP contribution in [0.1, 0.15) is 31.3 Å². The van der Waals surface area contributed by atoms with E-state index in [-0.39, 0.29) is 27.4 Å². The lowest BCUT2D eigenvalue weighted by molar-refractivity contribution is -0.876. The number of amides is 1. The van der Waals surface area contributed by atoms with Crippen molar-refractivity contribution < 1.29 is 32.0 Å². The highest BCUT2D eigenvalue weighted by Crippen LogP contribution is 2.38. The van der Waals surface area contributed by atoms with E-state index >= 15 is 0 Å². The molecule has 1 unspecified atom stereocenters. The lowest BCUT2D eigenvalue weighted by Crippen LogP contribution is -2.61. The molecule has 3 heterocycles. The molecule has 2 bridgehead atoms. The SMILES string of the molecule is COc1ccc(C[N+]2(C(=O)c3ccc(C(=O)C(F)(F)F)s3)C[C@@H]3C[C@H]2CN3)cc1. The van der Waals surface area contributed by atoms with Crippen LogP contribution in [0.3, 0.4) is 0 Å². The number of hydrogen-bond acceptors (Lipinski definition) is 5. The molecule has 2 aliphatic heterocycles. The van der Waals surface area contributed by atoms with Gasteiger partial charge in [-0.3, -0.25) is 4.79 Å². The van der Waals surface area contributed by atoms with Crippen molar-refractivity contribution in [1.29, 1.82) is 0 Å². The lowest BCUT2D eigenvalue weighted by atomic mass is 10.1. The average molecular weight is 425 g/mol. The molecule has 5 nitrogen and oxygen atoms in total. The van der Waals surface area contributed by atoms with Crippen molar-refractivity contribution in [2.24, 2.45) is 0 Å². The zero-order valence-electron chi connectivity index (χ0n) is 15.7. The van der Waals surface area contributed by atoms with Crippen LogP contribution in [0.4, 0.5) is 13.2 Å². The van der Waals surface area contributed by atoms with Gasteiger partial charge in [-0.05, 0) is 36.4 Å². The number of Topliss-reactive ketones (excluding diaryl/α,β-unsaturated/α-hetero) is 1. The van der Waals surface area contributed by atoms with E-state index in [1.54, 1.807) is 7.11 Å². The number of fused-ring (bicyclic) bond motifs is 2. The summed E-state index contributed by atoms with van der Waals surface area (Å²) in [7, 11) is 1.58. The Labute approximate surface area is 169 Å². The highest BCUT2D eigenvalue weighted by molar-refractivity contribution is 7.15. The van der Waals surface area contributed by atoms with Crippen LogP contribution in [-0.4, -0.2) is 54.6 Å². The summed E-state index contributed by atoms with van der Waals surface area (Å²) in [5.41, 5.74) is 0.954. The molecule has 3 atom stereocenters. The van der Waals surface area contributed by atoms with Crippen LogP contribution in [0.2, 0.25) is 0 Å². The number of ether oxygens (including phenoxy) is 1. The first-order chi connectivity index (χ1) is 13.7. The summed E-state index contributed by atoms with van der Waals surface area (Å²) in [6.07, 6.45) is -4.10. The first-order valence-corrected chi connectivity index (χ1v) is 10.0. The number of likely N-dealkylation sites (tertiary alicyclic amines) is 1. The molecular formula is C20H20F3N2O3S+. The maximum Gasteiger partial charge on any atom is 0.455 e. The normalized spacial score (nSPS) is 25.9. The van der Waals surface area contributed by atoms with E-state index in [1.807, 2.05) is 24.3 Å². The molecule has 29 heavy (non-hydrogen) atoms. The van der Waals surface area contributed by atoms with Gasteiger partial charge >= 0.3 is 12.1 Å². The third-order valence-corrected chi connectivity index (χ3v) is 6.84. The van der Waals surface area contributed by atoms with E-state index in [0.29, 0.717) is 36.7 Å². The number of carbonyl (C=O) groups excluding carboxylic acids is 2. The van der Waals surface area contributed by atoms with Crippen LogP contribution < -0.4 is 10.1 Å². The minimum absolute atomic E-state index is 0.0541. The van der Waals surface area contributed by atoms with Crippen molar-refractivity contribution in [3.8, 4) is 5.75 Å². The molecule has 1 aromatic carbocycles. The van der Waals surface area contributed by atoms with E-state index in [9.17, 15) is 22.8 Å². The first-order valence-electron chi connectivity index (χ1n) is 9.22. The van der Waals surface area contributed by atoms with Gasteiger partial charge in [0.25, 0.3) is 5.78 Å². The van der Waals surface area contributed by atoms with Gasteiger partial charge in [0.05, 0.1) is 18.0 Å². The monoisotopic (exact) mass is 425 g/mol. The number of carbonyl (C=O) groups is 2. The molecule has 0 aliphatic carbocycles. The third-order valence-electron chi connectivity index (χ3n) is 5.77. The number of alkyl halides is 3. The van der Waals surface area contributed by atoms with Gasteiger partial charge in [0.2, 0.25) is 0 Å². The van der Waals surface area contributed by atoms with Crippen molar-refractivity contribution in [3.63, 3.8) is 0 Å². The maximum absolute atomic E-state index is 13.5. The molecule has 2 saturated heterocycles. The fourth-order valence-electron chi connectivity index (χ4n) is 4.36. The highest BCUT2D eigenvalue weighted by Gasteiger charge is 2.56. The fourth-order valence-corrected chi connectivity index (χ4v) is 5.35. The number of thiophene rings is 1. The van der Waals surface area contributed by atoms with Gasteiger partial charge in [-0.25, -0.2) is 9.28 Å². The zero-order valence-corrected chi connectivity index (χ0v) is 16.5. The predicted octanol–water partition coefficient (Wildman–Crippen LogP) is 3.40. The summed E-state index contributed by atoms with van der Waals surface area (Å²) in [6.45, 7) is 1.72. The van der Waals surface area contributed by atoms with Crippen LogP contribution in [0, 0.1) is 0 Å². The fraction of sp³-hybridized carbons (Fsp3) is 0.400. The summed E-state index contributed by atoms with van der Waals surface area (Å²) in [4.78, 5) is 24.8. The molecular weight excluding hydrogens is 405 g/mol. The molecule has 4 rings (SSSR count). The standard InChI is InChI=1S/C20H20F3N2O3S/c1-28-15-4-2-12(3-5-15)10-25(11-13-8-14(25)9-24-13)19(27)17-7-6-16(29-17)18(26)20(21,22)23/h2-7,13-14,24H,8-11H2,1H3/q+1/t13-,14-,25?/m0/s1. The Hall–Kier alpha value is -2.23. The van der Waals surface area contributed by atoms with Gasteiger partial charge in [0.1, 0.15) is 29.8 Å². The number of nitrogens with zero attached hydrogens (tertiary/aromatic N) is 1. The number of halogens is 3. The number of methoxy groups -OCH3 is 1. The number of nitrogens with one attached hydrogen (secondary N) is 1. The van der Waals surface area contributed by atoms with Crippen molar-refractivity contribution in [2.45, 2.75) is 31.2 Å². The Morgan fingerprint density at radius 2 is 1.86 bits per heavy atom. The third kappa shape index (κ3) is 3.58. The van der Waals surface area contributed by atoms with Crippen molar-refractivity contribution in [2.75, 3.05) is 20.2 Å². The summed E-state index contributed by atoms with van der Waals surface area (Å²) >= 11 is 0.630. The van der Waals surface area contributed by atoms with Gasteiger partial charge in [-0.2, -0.15) is 13.2 Å². The smallest absolute Gasteiger partial charge is 0.455 e. The number of quaternary nitrogens is 1. The lowest BCUT2D eigenvalue weighted by Gasteiger charge is -2.39. The largest absolute Gasteiger partial charge is 0.497 e. The molecule has 1 amide bonds. The van der Waals surface area contributed by atoms with Crippen LogP contribution in [0.5, 0.6) is 5.75 Å². The molecule has 2 fully saturated rings. The van der Waals surface area contributed by atoms with Gasteiger partial charge in [0, 0.05) is 18.5 Å². The van der Waals surface area contributed by atoms with Gasteiger partial charge < -0.3 is 10.1 Å². The molecule has 2 aromatic rings. The Kier molecular flexibility index (Phi) is 5.00. The van der Waals surface area contributed by atoms with Crippen LogP contribution in [0.25, 0.3) is 0 Å². The van der Waals surface area contributed by atoms with Gasteiger partial charge in [0.15, 0.2) is 0 Å². The molecule has 0 radical (unpaired) electrons. The molecule has 0 saturated carbocycles. The Morgan fingerprint density at radius 3 is 2.41 bits per heavy atom. The Balaban J connectivity index is 1.65. The second kappa shape index (κ2) is 7.23. The maximum atomic E-state index is 13.5. The second-order valence-electron chi connectivity index (χ2n) is 7.51. The van der Waals surface area contributed by atoms with Crippen molar-refractivity contribution >= 4 is 23.0 Å². The number of benzene rings is 1. The molecule has 1 N–H and O–H groups in total. The van der Waals surface area contributed by atoms with Gasteiger partial charge in [-0.1, -0.05) is 0 Å². The Morgan fingerprint density at radius 1 is 1.17 bits per heavy atom. The molecule has 2 aliphatic rings. The number of rotatable bonds is 5. The second-order valence-corrected chi connectivity index (χ2v) is 8.60. The number of hydrogen-bond donors (Lipinski definition) is 1. The Bertz CT molecular complexity index is 941. The van der Waals surface area contributed by atoms with Crippen molar-refractivity contribution in [3.05, 3.63) is 51.7 Å². The summed E-state index contributed by atoms with van der Waals surface area (Å²) < 4.78 is 43.6. The summed E-state index contributed by atoms with van der Waals surface area (Å²) in [5, 5.41) is 3.38.